The molecule has 100 valence electrons. The number of anilines is 1. The number of hydrogen-bond acceptors (Lipinski definition) is 5. The molecule has 19 heavy (non-hydrogen) atoms. The second-order valence-corrected chi connectivity index (χ2v) is 5.75. The van der Waals surface area contributed by atoms with Crippen LogP contribution < -0.4 is 11.1 Å². The van der Waals surface area contributed by atoms with Crippen LogP contribution in [0.5, 0.6) is 0 Å². The summed E-state index contributed by atoms with van der Waals surface area (Å²) in [5.41, 5.74) is 8.70. The highest BCUT2D eigenvalue weighted by Crippen LogP contribution is 2.16. The zero-order valence-corrected chi connectivity index (χ0v) is 12.6. The fraction of sp³-hybridized carbons (Fsp3) is 0.308. The van der Waals surface area contributed by atoms with Gasteiger partial charge in [-0.05, 0) is 25.5 Å². The Hall–Kier alpha value is -1.53. The second kappa shape index (κ2) is 6.08. The maximum atomic E-state index is 5.74. The van der Waals surface area contributed by atoms with Gasteiger partial charge in [0.15, 0.2) is 0 Å². The summed E-state index contributed by atoms with van der Waals surface area (Å²) < 4.78 is 0. The molecule has 0 spiro atoms. The average Bonchev–Trinajstić information content (AvgIpc) is 2.74. The summed E-state index contributed by atoms with van der Waals surface area (Å²) in [5, 5.41) is 6.45. The van der Waals surface area contributed by atoms with Crippen molar-refractivity contribution in [3.8, 4) is 0 Å². The molecular weight excluding hydrogens is 276 g/mol. The van der Waals surface area contributed by atoms with Crippen molar-refractivity contribution in [2.75, 3.05) is 11.9 Å². The highest BCUT2D eigenvalue weighted by atomic mass is 32.1. The number of nitrogens with one attached hydrogen (secondary N) is 1. The number of nitrogens with two attached hydrogens (primary N) is 1. The van der Waals surface area contributed by atoms with Crippen molar-refractivity contribution < 1.29 is 0 Å². The second-order valence-electron chi connectivity index (χ2n) is 4.25. The number of thiocarbonyl (C=S) groups is 1. The predicted molar refractivity (Wildman–Crippen MR) is 83.9 cm³/mol. The highest BCUT2D eigenvalue weighted by Gasteiger charge is 2.09. The first kappa shape index (κ1) is 13.9. The normalized spacial score (nSPS) is 10.4. The van der Waals surface area contributed by atoms with Crippen LogP contribution >= 0.6 is 23.6 Å². The largest absolute Gasteiger partial charge is 0.389 e. The van der Waals surface area contributed by atoms with E-state index < -0.39 is 0 Å². The first-order chi connectivity index (χ1) is 9.08. The van der Waals surface area contributed by atoms with E-state index in [1.165, 1.54) is 0 Å². The molecule has 2 heterocycles. The van der Waals surface area contributed by atoms with Crippen LogP contribution in [-0.2, 0) is 6.42 Å². The Balaban J connectivity index is 2.03. The van der Waals surface area contributed by atoms with E-state index in [1.54, 1.807) is 17.5 Å². The SMILES string of the molecule is Cc1nc(CCNc2nccc(C)c2C(N)=S)cs1. The molecule has 0 aliphatic heterocycles. The van der Waals surface area contributed by atoms with Crippen molar-refractivity contribution in [1.29, 1.82) is 0 Å². The third-order valence-electron chi connectivity index (χ3n) is 2.75. The zero-order chi connectivity index (χ0) is 13.8. The lowest BCUT2D eigenvalue weighted by Crippen LogP contribution is -2.17. The van der Waals surface area contributed by atoms with Gasteiger partial charge >= 0.3 is 0 Å². The van der Waals surface area contributed by atoms with Gasteiger partial charge in [0.05, 0.1) is 16.3 Å². The number of aryl methyl sites for hydroxylation is 2. The molecule has 0 atom stereocenters. The van der Waals surface area contributed by atoms with Gasteiger partial charge in [0.25, 0.3) is 0 Å². The van der Waals surface area contributed by atoms with Crippen LogP contribution in [0.1, 0.15) is 21.8 Å². The molecule has 2 aromatic heterocycles. The van der Waals surface area contributed by atoms with Crippen LogP contribution in [0.3, 0.4) is 0 Å². The van der Waals surface area contributed by atoms with E-state index in [0.29, 0.717) is 4.99 Å². The van der Waals surface area contributed by atoms with Crippen LogP contribution in [-0.4, -0.2) is 21.5 Å². The fourth-order valence-electron chi connectivity index (χ4n) is 1.84. The van der Waals surface area contributed by atoms with Crippen molar-refractivity contribution in [3.63, 3.8) is 0 Å². The standard InChI is InChI=1S/C13H16N4S2/c1-8-3-5-15-13(11(8)12(14)18)16-6-4-10-7-19-9(2)17-10/h3,5,7H,4,6H2,1-2H3,(H2,14,18)(H,15,16). The van der Waals surface area contributed by atoms with Gasteiger partial charge in [0.1, 0.15) is 10.8 Å². The summed E-state index contributed by atoms with van der Waals surface area (Å²) in [6.07, 6.45) is 2.61. The maximum Gasteiger partial charge on any atom is 0.136 e. The molecule has 0 aromatic carbocycles. The van der Waals surface area contributed by atoms with Crippen LogP contribution in [0, 0.1) is 13.8 Å². The maximum absolute atomic E-state index is 5.74. The molecule has 0 aliphatic carbocycles. The monoisotopic (exact) mass is 292 g/mol. The third kappa shape index (κ3) is 3.48. The lowest BCUT2D eigenvalue weighted by molar-refractivity contribution is 0.959. The quantitative estimate of drug-likeness (QED) is 0.829. The molecule has 3 N–H and O–H groups in total. The molecule has 0 amide bonds. The smallest absolute Gasteiger partial charge is 0.136 e. The molecule has 0 saturated carbocycles. The number of thiazole rings is 1. The first-order valence-electron chi connectivity index (χ1n) is 5.98. The molecule has 0 saturated heterocycles. The third-order valence-corrected chi connectivity index (χ3v) is 3.77. The van der Waals surface area contributed by atoms with Gasteiger partial charge in [-0.3, -0.25) is 0 Å². The summed E-state index contributed by atoms with van der Waals surface area (Å²) in [6, 6.07) is 1.91. The first-order valence-corrected chi connectivity index (χ1v) is 7.27. The van der Waals surface area contributed by atoms with Gasteiger partial charge in [-0.1, -0.05) is 12.2 Å². The molecule has 4 nitrogen and oxygen atoms in total. The van der Waals surface area contributed by atoms with E-state index in [0.717, 1.165) is 40.6 Å². The van der Waals surface area contributed by atoms with Crippen LogP contribution in [0.4, 0.5) is 5.82 Å². The number of hydrogen-bond donors (Lipinski definition) is 2. The van der Waals surface area contributed by atoms with Crippen molar-refractivity contribution in [1.82, 2.24) is 9.97 Å². The fourth-order valence-corrected chi connectivity index (χ4v) is 2.74. The van der Waals surface area contributed by atoms with Gasteiger partial charge in [0, 0.05) is 24.5 Å². The Kier molecular flexibility index (Phi) is 4.44. The molecule has 0 unspecified atom stereocenters. The van der Waals surface area contributed by atoms with Gasteiger partial charge in [-0.15, -0.1) is 11.3 Å². The molecular formula is C13H16N4S2. The minimum absolute atomic E-state index is 0.373. The summed E-state index contributed by atoms with van der Waals surface area (Å²) in [7, 11) is 0. The summed E-state index contributed by atoms with van der Waals surface area (Å²) in [4.78, 5) is 9.10. The van der Waals surface area contributed by atoms with E-state index in [2.05, 4.69) is 20.7 Å². The molecule has 0 aliphatic rings. The van der Waals surface area contributed by atoms with E-state index >= 15 is 0 Å². The minimum atomic E-state index is 0.373. The van der Waals surface area contributed by atoms with E-state index in [-0.39, 0.29) is 0 Å². The predicted octanol–water partition coefficient (Wildman–Crippen LogP) is 2.44. The number of rotatable bonds is 5. The summed E-state index contributed by atoms with van der Waals surface area (Å²) in [6.45, 7) is 4.75. The topological polar surface area (TPSA) is 63.8 Å². The Morgan fingerprint density at radius 2 is 2.26 bits per heavy atom. The van der Waals surface area contributed by atoms with Gasteiger partial charge in [-0.2, -0.15) is 0 Å². The minimum Gasteiger partial charge on any atom is -0.389 e. The Bertz CT molecular complexity index is 592. The molecule has 2 aromatic rings. The van der Waals surface area contributed by atoms with Gasteiger partial charge in [-0.25, -0.2) is 9.97 Å². The summed E-state index contributed by atoms with van der Waals surface area (Å²) in [5.74, 6) is 0.749. The van der Waals surface area contributed by atoms with Crippen molar-refractivity contribution >= 4 is 34.4 Å². The molecule has 0 radical (unpaired) electrons. The Morgan fingerprint density at radius 1 is 1.47 bits per heavy atom. The van der Waals surface area contributed by atoms with Crippen molar-refractivity contribution in [3.05, 3.63) is 39.5 Å². The molecule has 0 bridgehead atoms. The lowest BCUT2D eigenvalue weighted by atomic mass is 10.1. The van der Waals surface area contributed by atoms with Crippen LogP contribution in [0.25, 0.3) is 0 Å². The van der Waals surface area contributed by atoms with E-state index in [4.69, 9.17) is 18.0 Å². The Morgan fingerprint density at radius 3 is 2.89 bits per heavy atom. The number of nitrogens with zero attached hydrogens (tertiary/aromatic N) is 2. The molecule has 6 heteroatoms. The van der Waals surface area contributed by atoms with E-state index in [1.807, 2.05) is 19.9 Å². The number of aromatic nitrogens is 2. The van der Waals surface area contributed by atoms with Gasteiger partial charge < -0.3 is 11.1 Å². The van der Waals surface area contributed by atoms with Crippen LogP contribution in [0.2, 0.25) is 0 Å². The lowest BCUT2D eigenvalue weighted by Gasteiger charge is -2.11. The number of pyridine rings is 1. The molecule has 0 fully saturated rings. The molecule has 2 rings (SSSR count). The van der Waals surface area contributed by atoms with Gasteiger partial charge in [0.2, 0.25) is 0 Å². The Labute approximate surface area is 122 Å². The average molecular weight is 292 g/mol. The van der Waals surface area contributed by atoms with Crippen LogP contribution in [0.15, 0.2) is 17.6 Å². The van der Waals surface area contributed by atoms with Crippen molar-refractivity contribution in [2.45, 2.75) is 20.3 Å². The van der Waals surface area contributed by atoms with E-state index in [9.17, 15) is 0 Å². The zero-order valence-electron chi connectivity index (χ0n) is 10.9. The summed E-state index contributed by atoms with van der Waals surface area (Å²) >= 11 is 6.74. The van der Waals surface area contributed by atoms with Crippen molar-refractivity contribution in [2.24, 2.45) is 5.73 Å². The highest BCUT2D eigenvalue weighted by molar-refractivity contribution is 7.80.